The van der Waals surface area contributed by atoms with E-state index in [4.69, 9.17) is 5.11 Å². The number of nitrogens with zero attached hydrogens (tertiary/aromatic N) is 2. The van der Waals surface area contributed by atoms with Crippen LogP contribution in [0.5, 0.6) is 0 Å². The highest BCUT2D eigenvalue weighted by Crippen LogP contribution is 2.10. The van der Waals surface area contributed by atoms with Crippen LogP contribution in [-0.2, 0) is 6.42 Å². The fourth-order valence-corrected chi connectivity index (χ4v) is 2.26. The van der Waals surface area contributed by atoms with E-state index < -0.39 is 0 Å². The summed E-state index contributed by atoms with van der Waals surface area (Å²) in [5, 5.41) is 9.16. The van der Waals surface area contributed by atoms with Crippen molar-refractivity contribution in [2.45, 2.75) is 6.42 Å². The summed E-state index contributed by atoms with van der Waals surface area (Å²) < 4.78 is 0.692. The molecule has 1 aromatic heterocycles. The van der Waals surface area contributed by atoms with E-state index in [-0.39, 0.29) is 12.5 Å². The van der Waals surface area contributed by atoms with Gasteiger partial charge in [-0.3, -0.25) is 4.79 Å². The van der Waals surface area contributed by atoms with Gasteiger partial charge >= 0.3 is 0 Å². The smallest absolute Gasteiger partial charge is 0.255 e. The van der Waals surface area contributed by atoms with Gasteiger partial charge in [0.1, 0.15) is 4.60 Å². The van der Waals surface area contributed by atoms with Gasteiger partial charge in [0.2, 0.25) is 0 Å². The van der Waals surface area contributed by atoms with Crippen molar-refractivity contribution in [3.05, 3.63) is 64.4 Å². The van der Waals surface area contributed by atoms with E-state index in [0.29, 0.717) is 23.3 Å². The molecule has 0 radical (unpaired) electrons. The van der Waals surface area contributed by atoms with Crippen molar-refractivity contribution >= 4 is 21.8 Å². The Bertz CT molecular complexity index is 573. The minimum Gasteiger partial charge on any atom is -0.395 e. The van der Waals surface area contributed by atoms with E-state index in [9.17, 15) is 4.79 Å². The standard InChI is InChI=1S/C16H17BrN2O2/c17-15-7-6-14(12-18-15)16(21)19(10-11-20)9-8-13-4-2-1-3-5-13/h1-7,12,20H,8-11H2. The Morgan fingerprint density at radius 2 is 1.90 bits per heavy atom. The molecule has 0 aliphatic rings. The van der Waals surface area contributed by atoms with Crippen molar-refractivity contribution < 1.29 is 9.90 Å². The molecule has 0 saturated heterocycles. The number of aliphatic hydroxyl groups excluding tert-OH is 1. The second-order valence-electron chi connectivity index (χ2n) is 4.62. The van der Waals surface area contributed by atoms with Crippen molar-refractivity contribution in [3.63, 3.8) is 0 Å². The number of hydrogen-bond donors (Lipinski definition) is 1. The highest BCUT2D eigenvalue weighted by Gasteiger charge is 2.15. The normalized spacial score (nSPS) is 10.4. The van der Waals surface area contributed by atoms with Crippen molar-refractivity contribution in [2.24, 2.45) is 0 Å². The summed E-state index contributed by atoms with van der Waals surface area (Å²) in [5.74, 6) is -0.111. The van der Waals surface area contributed by atoms with Gasteiger partial charge in [-0.2, -0.15) is 0 Å². The second kappa shape index (κ2) is 7.90. The SMILES string of the molecule is O=C(c1ccc(Br)nc1)N(CCO)CCc1ccccc1. The van der Waals surface area contributed by atoms with E-state index in [1.54, 1.807) is 23.2 Å². The van der Waals surface area contributed by atoms with E-state index in [2.05, 4.69) is 20.9 Å². The van der Waals surface area contributed by atoms with Gasteiger partial charge in [-0.15, -0.1) is 0 Å². The maximum atomic E-state index is 12.4. The third-order valence-electron chi connectivity index (χ3n) is 3.14. The molecule has 0 unspecified atom stereocenters. The molecule has 21 heavy (non-hydrogen) atoms. The van der Waals surface area contributed by atoms with Gasteiger partial charge in [0, 0.05) is 19.3 Å². The van der Waals surface area contributed by atoms with Crippen molar-refractivity contribution in [2.75, 3.05) is 19.7 Å². The van der Waals surface area contributed by atoms with E-state index >= 15 is 0 Å². The maximum absolute atomic E-state index is 12.4. The topological polar surface area (TPSA) is 53.4 Å². The molecule has 4 nitrogen and oxygen atoms in total. The number of carbonyl (C=O) groups excluding carboxylic acids is 1. The zero-order valence-electron chi connectivity index (χ0n) is 11.6. The average molecular weight is 349 g/mol. The first-order valence-corrected chi connectivity index (χ1v) is 7.55. The van der Waals surface area contributed by atoms with Gasteiger partial charge in [0.05, 0.1) is 12.2 Å². The van der Waals surface area contributed by atoms with Crippen LogP contribution in [0.15, 0.2) is 53.3 Å². The number of carbonyl (C=O) groups is 1. The van der Waals surface area contributed by atoms with Crippen LogP contribution in [0, 0.1) is 0 Å². The zero-order chi connectivity index (χ0) is 15.1. The molecule has 1 aromatic carbocycles. The number of hydrogen-bond acceptors (Lipinski definition) is 3. The van der Waals surface area contributed by atoms with Crippen LogP contribution >= 0.6 is 15.9 Å². The van der Waals surface area contributed by atoms with Crippen LogP contribution in [0.4, 0.5) is 0 Å². The van der Waals surface area contributed by atoms with Gasteiger partial charge in [-0.1, -0.05) is 30.3 Å². The Balaban J connectivity index is 2.03. The number of aromatic nitrogens is 1. The lowest BCUT2D eigenvalue weighted by Crippen LogP contribution is -2.35. The van der Waals surface area contributed by atoms with E-state index in [1.807, 2.05) is 30.3 Å². The molecular formula is C16H17BrN2O2. The summed E-state index contributed by atoms with van der Waals surface area (Å²) in [6, 6.07) is 13.4. The fourth-order valence-electron chi connectivity index (χ4n) is 2.03. The summed E-state index contributed by atoms with van der Waals surface area (Å²) in [6.45, 7) is 0.839. The van der Waals surface area contributed by atoms with Gasteiger partial charge in [-0.25, -0.2) is 4.98 Å². The second-order valence-corrected chi connectivity index (χ2v) is 5.43. The largest absolute Gasteiger partial charge is 0.395 e. The van der Waals surface area contributed by atoms with Gasteiger partial charge in [-0.05, 0) is 40.0 Å². The molecule has 110 valence electrons. The summed E-state index contributed by atoms with van der Waals surface area (Å²) in [7, 11) is 0. The molecule has 0 aliphatic carbocycles. The molecule has 0 saturated carbocycles. The molecule has 1 heterocycles. The molecule has 0 bridgehead atoms. The highest BCUT2D eigenvalue weighted by molar-refractivity contribution is 9.10. The van der Waals surface area contributed by atoms with Crippen LogP contribution in [0.2, 0.25) is 0 Å². The summed E-state index contributed by atoms with van der Waals surface area (Å²) in [5.41, 5.74) is 1.70. The Morgan fingerprint density at radius 1 is 1.14 bits per heavy atom. The molecule has 2 rings (SSSR count). The predicted octanol–water partition coefficient (Wildman–Crippen LogP) is 2.52. The third kappa shape index (κ3) is 4.65. The van der Waals surface area contributed by atoms with Crippen LogP contribution in [0.1, 0.15) is 15.9 Å². The maximum Gasteiger partial charge on any atom is 0.255 e. The lowest BCUT2D eigenvalue weighted by atomic mass is 10.1. The molecule has 1 amide bonds. The summed E-state index contributed by atoms with van der Waals surface area (Å²) in [4.78, 5) is 18.1. The Labute approximate surface area is 132 Å². The van der Waals surface area contributed by atoms with Crippen molar-refractivity contribution in [1.29, 1.82) is 0 Å². The van der Waals surface area contributed by atoms with Gasteiger partial charge in [0.15, 0.2) is 0 Å². The molecular weight excluding hydrogens is 332 g/mol. The van der Waals surface area contributed by atoms with Crippen LogP contribution in [0.25, 0.3) is 0 Å². The number of halogens is 1. The molecule has 1 N–H and O–H groups in total. The number of rotatable bonds is 6. The third-order valence-corrected chi connectivity index (χ3v) is 3.61. The first-order chi connectivity index (χ1) is 10.2. The van der Waals surface area contributed by atoms with Crippen molar-refractivity contribution in [1.82, 2.24) is 9.88 Å². The number of aliphatic hydroxyl groups is 1. The van der Waals surface area contributed by atoms with E-state index in [0.717, 1.165) is 6.42 Å². The molecule has 0 spiro atoms. The van der Waals surface area contributed by atoms with Crippen LogP contribution < -0.4 is 0 Å². The Kier molecular flexibility index (Phi) is 5.90. The quantitative estimate of drug-likeness (QED) is 0.816. The summed E-state index contributed by atoms with van der Waals surface area (Å²) in [6.07, 6.45) is 2.30. The lowest BCUT2D eigenvalue weighted by molar-refractivity contribution is 0.0723. The minimum atomic E-state index is -0.111. The molecule has 0 fully saturated rings. The molecule has 5 heteroatoms. The summed E-state index contributed by atoms with van der Waals surface area (Å²) >= 11 is 3.25. The molecule has 0 atom stereocenters. The van der Waals surface area contributed by atoms with E-state index in [1.165, 1.54) is 5.56 Å². The number of amides is 1. The highest BCUT2D eigenvalue weighted by atomic mass is 79.9. The Morgan fingerprint density at radius 3 is 2.52 bits per heavy atom. The van der Waals surface area contributed by atoms with Crippen molar-refractivity contribution in [3.8, 4) is 0 Å². The first-order valence-electron chi connectivity index (χ1n) is 6.76. The average Bonchev–Trinajstić information content (AvgIpc) is 2.52. The lowest BCUT2D eigenvalue weighted by Gasteiger charge is -2.21. The molecule has 2 aromatic rings. The number of benzene rings is 1. The molecule has 0 aliphatic heterocycles. The predicted molar refractivity (Wildman–Crippen MR) is 85.1 cm³/mol. The Hall–Kier alpha value is -1.72. The van der Waals surface area contributed by atoms with Crippen LogP contribution in [0.3, 0.4) is 0 Å². The van der Waals surface area contributed by atoms with Gasteiger partial charge < -0.3 is 10.0 Å². The fraction of sp³-hybridized carbons (Fsp3) is 0.250. The zero-order valence-corrected chi connectivity index (χ0v) is 13.2. The van der Waals surface area contributed by atoms with Gasteiger partial charge in [0.25, 0.3) is 5.91 Å². The number of pyridine rings is 1. The van der Waals surface area contributed by atoms with Crippen LogP contribution in [-0.4, -0.2) is 40.6 Å². The monoisotopic (exact) mass is 348 g/mol. The first kappa shape index (κ1) is 15.7. The minimum absolute atomic E-state index is 0.0511.